The number of nitrogens with two attached hydrogens (primary N) is 1. The number of aliphatic hydroxyl groups is 3. The number of imidazole rings is 1. The molecule has 1 saturated heterocycles. The van der Waals surface area contributed by atoms with Gasteiger partial charge in [-0.05, 0) is 12.5 Å². The number of aryl methyl sites for hydroxylation is 1. The molecule has 11 heteroatoms. The van der Waals surface area contributed by atoms with Crippen molar-refractivity contribution in [2.24, 2.45) is 10.7 Å². The number of rotatable bonds is 5. The molecular weight excluding hydrogens is 446 g/mol. The van der Waals surface area contributed by atoms with E-state index in [4.69, 9.17) is 15.3 Å². The van der Waals surface area contributed by atoms with E-state index in [-0.39, 0.29) is 17.0 Å². The Morgan fingerprint density at radius 1 is 1.21 bits per heavy atom. The Balaban J connectivity index is 0.00000240. The van der Waals surface area contributed by atoms with Gasteiger partial charge in [0, 0.05) is 0 Å². The van der Waals surface area contributed by atoms with Crippen molar-refractivity contribution >= 4 is 29.1 Å². The van der Waals surface area contributed by atoms with Gasteiger partial charge in [0.15, 0.2) is 18.2 Å². The number of hydroxylamine groups is 2. The van der Waals surface area contributed by atoms with E-state index in [1.54, 1.807) is 0 Å². The van der Waals surface area contributed by atoms with E-state index in [0.29, 0.717) is 18.1 Å². The second-order valence-corrected chi connectivity index (χ2v) is 6.90. The molecule has 2 aliphatic heterocycles. The quantitative estimate of drug-likeness (QED) is 0.494. The summed E-state index contributed by atoms with van der Waals surface area (Å²) < 4.78 is 7.03. The zero-order chi connectivity index (χ0) is 19.8. The van der Waals surface area contributed by atoms with Crippen LogP contribution < -0.4 is 5.73 Å². The van der Waals surface area contributed by atoms with Crippen LogP contribution in [0.15, 0.2) is 35.6 Å². The molecule has 29 heavy (non-hydrogen) atoms. The first-order valence-electron chi connectivity index (χ1n) is 8.95. The van der Waals surface area contributed by atoms with E-state index in [9.17, 15) is 15.3 Å². The molecule has 158 valence electrons. The van der Waals surface area contributed by atoms with E-state index in [1.807, 2.05) is 31.2 Å². The van der Waals surface area contributed by atoms with Crippen molar-refractivity contribution in [3.05, 3.63) is 47.4 Å². The lowest BCUT2D eigenvalue weighted by atomic mass is 10.1. The van der Waals surface area contributed by atoms with Crippen LogP contribution in [0.4, 0.5) is 5.82 Å². The van der Waals surface area contributed by atoms with E-state index < -0.39 is 37.3 Å². The van der Waals surface area contributed by atoms with Gasteiger partial charge in [0.1, 0.15) is 37.0 Å². The van der Waals surface area contributed by atoms with Crippen molar-refractivity contribution in [2.75, 3.05) is 6.61 Å². The van der Waals surface area contributed by atoms with Crippen molar-refractivity contribution in [3.8, 4) is 0 Å². The lowest BCUT2D eigenvalue weighted by Gasteiger charge is -2.28. The number of hydrogen-bond donors (Lipinski definition) is 4. The number of nitrogens with zero attached hydrogens (tertiary/aromatic N) is 4. The second-order valence-electron chi connectivity index (χ2n) is 6.90. The molecule has 3 heterocycles. The molecule has 5 atom stereocenters. The van der Waals surface area contributed by atoms with Crippen molar-refractivity contribution in [1.29, 1.82) is 0 Å². The van der Waals surface area contributed by atoms with Crippen molar-refractivity contribution in [2.45, 2.75) is 44.2 Å². The third-order valence-electron chi connectivity index (χ3n) is 4.94. The summed E-state index contributed by atoms with van der Waals surface area (Å²) in [4.78, 5) is 14.3. The number of benzene rings is 1. The predicted octanol–water partition coefficient (Wildman–Crippen LogP) is 0.445. The highest BCUT2D eigenvalue weighted by molar-refractivity contribution is 8.93. The summed E-state index contributed by atoms with van der Waals surface area (Å²) in [7, 11) is 0. The van der Waals surface area contributed by atoms with Gasteiger partial charge in [-0.15, -0.1) is 17.0 Å². The Hall–Kier alpha value is -1.86. The van der Waals surface area contributed by atoms with Crippen LogP contribution in [-0.2, 0) is 16.2 Å². The topological polar surface area (TPSA) is 139 Å². The van der Waals surface area contributed by atoms with Gasteiger partial charge in [-0.3, -0.25) is 9.40 Å². The van der Waals surface area contributed by atoms with Crippen molar-refractivity contribution < 1.29 is 24.9 Å². The largest absolute Gasteiger partial charge is 0.394 e. The molecule has 2 aromatic rings. The van der Waals surface area contributed by atoms with Gasteiger partial charge in [-0.25, -0.2) is 15.0 Å². The van der Waals surface area contributed by atoms with E-state index in [0.717, 1.165) is 5.56 Å². The van der Waals surface area contributed by atoms with Gasteiger partial charge in [-0.2, -0.15) is 0 Å². The number of halogens is 1. The van der Waals surface area contributed by atoms with Gasteiger partial charge in [0.05, 0.1) is 12.9 Å². The lowest BCUT2D eigenvalue weighted by molar-refractivity contribution is -0.136. The zero-order valence-electron chi connectivity index (χ0n) is 15.7. The Kier molecular flexibility index (Phi) is 6.69. The number of aromatic nitrogens is 2. The SMILES string of the molecule is Br.Cc1ccc(CON2C=Nc3c(ncn3[C@@H]3O[C@H](CO)C(O)C3O)C2N)cc1. The maximum atomic E-state index is 10.2. The minimum atomic E-state index is -1.22. The molecule has 0 bridgehead atoms. The number of hydrogen-bond acceptors (Lipinski definition) is 9. The molecule has 4 rings (SSSR count). The fourth-order valence-electron chi connectivity index (χ4n) is 3.26. The van der Waals surface area contributed by atoms with Crippen molar-refractivity contribution in [3.63, 3.8) is 0 Å². The average Bonchev–Trinajstić information content (AvgIpc) is 3.24. The third-order valence-corrected chi connectivity index (χ3v) is 4.94. The molecule has 10 nitrogen and oxygen atoms in total. The summed E-state index contributed by atoms with van der Waals surface area (Å²) in [5, 5.41) is 30.9. The Labute approximate surface area is 177 Å². The average molecular weight is 470 g/mol. The van der Waals surface area contributed by atoms with Gasteiger partial charge < -0.3 is 25.8 Å². The molecule has 0 radical (unpaired) electrons. The van der Waals surface area contributed by atoms with Crippen LogP contribution in [0.3, 0.4) is 0 Å². The molecule has 0 spiro atoms. The molecule has 5 N–H and O–H groups in total. The van der Waals surface area contributed by atoms with Crippen LogP contribution >= 0.6 is 17.0 Å². The smallest absolute Gasteiger partial charge is 0.165 e. The minimum Gasteiger partial charge on any atom is -0.394 e. The number of aliphatic hydroxyl groups excluding tert-OH is 3. The molecule has 3 unspecified atom stereocenters. The van der Waals surface area contributed by atoms with Crippen molar-refractivity contribution in [1.82, 2.24) is 14.6 Å². The van der Waals surface area contributed by atoms with Gasteiger partial charge in [-0.1, -0.05) is 29.8 Å². The summed E-state index contributed by atoms with van der Waals surface area (Å²) in [6.45, 7) is 1.93. The van der Waals surface area contributed by atoms with E-state index in [1.165, 1.54) is 27.9 Å². The van der Waals surface area contributed by atoms with Gasteiger partial charge in [0.2, 0.25) is 0 Å². The van der Waals surface area contributed by atoms with Crippen LogP contribution in [0.5, 0.6) is 0 Å². The minimum absolute atomic E-state index is 0. The van der Waals surface area contributed by atoms with Gasteiger partial charge >= 0.3 is 0 Å². The highest BCUT2D eigenvalue weighted by Gasteiger charge is 2.44. The maximum Gasteiger partial charge on any atom is 0.165 e. The molecule has 2 aliphatic rings. The van der Waals surface area contributed by atoms with Gasteiger partial charge in [0.25, 0.3) is 0 Å². The fraction of sp³-hybridized carbons (Fsp3) is 0.444. The van der Waals surface area contributed by atoms with Crippen LogP contribution in [0, 0.1) is 6.92 Å². The molecule has 0 aliphatic carbocycles. The second kappa shape index (κ2) is 8.88. The standard InChI is InChI=1S/C18H23N5O5.BrH/c1-10-2-4-11(5-3-10)7-27-23-9-21-17-13(16(23)19)20-8-22(17)18-15(26)14(25)12(6-24)28-18;/h2-5,8-9,12,14-16,18,24-26H,6-7,19H2,1H3;1H/t12-,14?,15?,16?,18-;/m1./s1. The molecular formula is C18H24BrN5O5. The first-order chi connectivity index (χ1) is 13.5. The van der Waals surface area contributed by atoms with Crippen LogP contribution in [-0.4, -0.2) is 61.2 Å². The fourth-order valence-corrected chi connectivity index (χ4v) is 3.26. The normalized spacial score (nSPS) is 28.3. The Morgan fingerprint density at radius 3 is 2.59 bits per heavy atom. The molecule has 1 aromatic heterocycles. The maximum absolute atomic E-state index is 10.2. The number of ether oxygens (including phenoxy) is 1. The number of aliphatic imine (C=N–C) groups is 1. The number of fused-ring (bicyclic) bond motifs is 1. The monoisotopic (exact) mass is 469 g/mol. The summed E-state index contributed by atoms with van der Waals surface area (Å²) in [5.74, 6) is 0.400. The van der Waals surface area contributed by atoms with E-state index >= 15 is 0 Å². The molecule has 0 amide bonds. The summed E-state index contributed by atoms with van der Waals surface area (Å²) in [6.07, 6.45) is -2.05. The Morgan fingerprint density at radius 2 is 1.93 bits per heavy atom. The van der Waals surface area contributed by atoms with Crippen LogP contribution in [0.25, 0.3) is 0 Å². The van der Waals surface area contributed by atoms with Crippen LogP contribution in [0.1, 0.15) is 29.2 Å². The summed E-state index contributed by atoms with van der Waals surface area (Å²) in [6, 6.07) is 7.96. The molecule has 1 fully saturated rings. The first-order valence-corrected chi connectivity index (χ1v) is 8.95. The summed E-state index contributed by atoms with van der Waals surface area (Å²) in [5.41, 5.74) is 8.86. The first kappa shape index (κ1) is 21.8. The highest BCUT2D eigenvalue weighted by atomic mass is 79.9. The molecule has 1 aromatic carbocycles. The Bertz CT molecular complexity index is 861. The predicted molar refractivity (Wildman–Crippen MR) is 108 cm³/mol. The lowest BCUT2D eigenvalue weighted by Crippen LogP contribution is -2.36. The summed E-state index contributed by atoms with van der Waals surface area (Å²) >= 11 is 0. The van der Waals surface area contributed by atoms with E-state index in [2.05, 4.69) is 9.98 Å². The third kappa shape index (κ3) is 4.08. The zero-order valence-corrected chi connectivity index (χ0v) is 17.4. The van der Waals surface area contributed by atoms with Crippen LogP contribution in [0.2, 0.25) is 0 Å². The molecule has 0 saturated carbocycles. The highest BCUT2D eigenvalue weighted by Crippen LogP contribution is 2.37.